The molecule has 9 nitrogen and oxygen atoms in total. The zero-order valence-corrected chi connectivity index (χ0v) is 9.17. The Morgan fingerprint density at radius 2 is 2.17 bits per heavy atom. The van der Waals surface area contributed by atoms with Gasteiger partial charge >= 0.3 is 0 Å². The molecule has 0 aromatic carbocycles. The average Bonchev–Trinajstić information content (AvgIpc) is 2.66. The van der Waals surface area contributed by atoms with Crippen molar-refractivity contribution in [3.05, 3.63) is 22.6 Å². The lowest BCUT2D eigenvalue weighted by molar-refractivity contribution is -0.0528. The summed E-state index contributed by atoms with van der Waals surface area (Å²) < 4.78 is 6.37. The number of anilines is 1. The van der Waals surface area contributed by atoms with E-state index in [9.17, 15) is 15.0 Å². The van der Waals surface area contributed by atoms with Crippen LogP contribution in [0.4, 0.5) is 5.95 Å². The first kappa shape index (κ1) is 12.9. The van der Waals surface area contributed by atoms with Gasteiger partial charge in [0.25, 0.3) is 5.56 Å². The van der Waals surface area contributed by atoms with Gasteiger partial charge in [-0.25, -0.2) is 5.48 Å². The number of nitrogens with zero attached hydrogens (tertiary/aromatic N) is 2. The Hall–Kier alpha value is -1.52. The Morgan fingerprint density at radius 1 is 1.44 bits per heavy atom. The van der Waals surface area contributed by atoms with Gasteiger partial charge < -0.3 is 20.1 Å². The van der Waals surface area contributed by atoms with Crippen molar-refractivity contribution in [3.8, 4) is 0 Å². The Morgan fingerprint density at radius 3 is 2.72 bits per heavy atom. The van der Waals surface area contributed by atoms with E-state index < -0.39 is 36.7 Å². The van der Waals surface area contributed by atoms with E-state index in [1.54, 1.807) is 5.48 Å². The molecular formula is C9H13N3O6. The van der Waals surface area contributed by atoms with E-state index >= 15 is 0 Å². The summed E-state index contributed by atoms with van der Waals surface area (Å²) in [4.78, 5) is 14.5. The molecule has 4 atom stereocenters. The quantitative estimate of drug-likeness (QED) is 0.381. The maximum Gasteiger partial charge on any atom is 0.274 e. The number of ether oxygens (including phenoxy) is 1. The minimum Gasteiger partial charge on any atom is -0.394 e. The van der Waals surface area contributed by atoms with Gasteiger partial charge in [-0.1, -0.05) is 0 Å². The normalized spacial score (nSPS) is 31.6. The van der Waals surface area contributed by atoms with E-state index in [1.165, 1.54) is 6.20 Å². The van der Waals surface area contributed by atoms with Gasteiger partial charge in [0.2, 0.25) is 5.95 Å². The lowest BCUT2D eigenvalue weighted by atomic mass is 10.1. The summed E-state index contributed by atoms with van der Waals surface area (Å²) in [6, 6.07) is 1.11. The number of hydrogen-bond donors (Lipinski definition) is 5. The maximum absolute atomic E-state index is 11.0. The van der Waals surface area contributed by atoms with Gasteiger partial charge in [0.15, 0.2) is 6.23 Å². The van der Waals surface area contributed by atoms with Crippen LogP contribution in [0.5, 0.6) is 0 Å². The Kier molecular flexibility index (Phi) is 3.59. The lowest BCUT2D eigenvalue weighted by Gasteiger charge is -2.20. The number of rotatable bonds is 3. The highest BCUT2D eigenvalue weighted by atomic mass is 16.6. The molecule has 0 saturated carbocycles. The van der Waals surface area contributed by atoms with Crippen molar-refractivity contribution in [2.75, 3.05) is 12.1 Å². The predicted molar refractivity (Wildman–Crippen MR) is 56.9 cm³/mol. The molecule has 1 aromatic rings. The van der Waals surface area contributed by atoms with Crippen molar-refractivity contribution >= 4 is 5.95 Å². The molecule has 2 unspecified atom stereocenters. The smallest absolute Gasteiger partial charge is 0.274 e. The number of hydrogen-bond acceptors (Lipinski definition) is 8. The van der Waals surface area contributed by atoms with Crippen molar-refractivity contribution < 1.29 is 25.3 Å². The maximum atomic E-state index is 11.0. The van der Waals surface area contributed by atoms with Crippen LogP contribution in [-0.2, 0) is 4.74 Å². The van der Waals surface area contributed by atoms with E-state index in [1.807, 2.05) is 0 Å². The molecule has 0 spiro atoms. The first-order valence-electron chi connectivity index (χ1n) is 5.20. The highest BCUT2D eigenvalue weighted by Crippen LogP contribution is 2.30. The highest BCUT2D eigenvalue weighted by Gasteiger charge is 2.43. The second kappa shape index (κ2) is 5.00. The van der Waals surface area contributed by atoms with Crippen LogP contribution >= 0.6 is 0 Å². The molecule has 1 fully saturated rings. The predicted octanol–water partition coefficient (Wildman–Crippen LogP) is -2.34. The fraction of sp³-hybridized carbons (Fsp3) is 0.556. The van der Waals surface area contributed by atoms with Gasteiger partial charge in [-0.2, -0.15) is 4.98 Å². The SMILES string of the molecule is O=c1ccn(C2OC(CO)[C@@H](O)[C@H]2O)c(NO)n1. The largest absolute Gasteiger partial charge is 0.394 e. The van der Waals surface area contributed by atoms with Crippen molar-refractivity contribution in [2.45, 2.75) is 24.5 Å². The van der Waals surface area contributed by atoms with E-state index in [2.05, 4.69) is 4.98 Å². The van der Waals surface area contributed by atoms with E-state index in [0.717, 1.165) is 10.6 Å². The summed E-state index contributed by atoms with van der Waals surface area (Å²) in [7, 11) is 0. The highest BCUT2D eigenvalue weighted by molar-refractivity contribution is 5.22. The van der Waals surface area contributed by atoms with Crippen LogP contribution in [-0.4, -0.2) is 55.0 Å². The number of aliphatic hydroxyl groups is 3. The molecule has 0 bridgehead atoms. The Balaban J connectivity index is 2.35. The first-order valence-corrected chi connectivity index (χ1v) is 5.20. The summed E-state index contributed by atoms with van der Waals surface area (Å²) >= 11 is 0. The Bertz CT molecular complexity index is 478. The molecule has 1 saturated heterocycles. The Labute approximate surface area is 101 Å². The molecule has 9 heteroatoms. The van der Waals surface area contributed by atoms with E-state index in [0.29, 0.717) is 0 Å². The van der Waals surface area contributed by atoms with Crippen LogP contribution in [0.1, 0.15) is 6.23 Å². The second-order valence-electron chi connectivity index (χ2n) is 3.84. The fourth-order valence-corrected chi connectivity index (χ4v) is 1.81. The number of nitrogens with one attached hydrogen (secondary N) is 1. The van der Waals surface area contributed by atoms with E-state index in [-0.39, 0.29) is 5.95 Å². The third kappa shape index (κ3) is 2.09. The van der Waals surface area contributed by atoms with Gasteiger partial charge in [0.05, 0.1) is 6.61 Å². The number of aromatic nitrogens is 2. The zero-order valence-electron chi connectivity index (χ0n) is 9.17. The summed E-state index contributed by atoms with van der Waals surface area (Å²) in [6.45, 7) is -0.468. The van der Waals surface area contributed by atoms with Gasteiger partial charge in [-0.3, -0.25) is 14.6 Å². The molecule has 2 rings (SSSR count). The summed E-state index contributed by atoms with van der Waals surface area (Å²) in [5, 5.41) is 37.2. The molecule has 0 radical (unpaired) electrons. The van der Waals surface area contributed by atoms with Crippen LogP contribution in [0, 0.1) is 0 Å². The zero-order chi connectivity index (χ0) is 13.3. The standard InChI is InChI=1S/C9H13N3O6/c13-3-4-6(15)7(16)8(18-4)12-2-1-5(14)10-9(12)11-17/h1-2,4,6-8,13,15-17H,3H2,(H,10,11,14)/t4?,6-,7-,8?/m1/s1. The molecule has 1 aliphatic heterocycles. The van der Waals surface area contributed by atoms with Gasteiger partial charge in [0.1, 0.15) is 18.3 Å². The average molecular weight is 259 g/mol. The molecular weight excluding hydrogens is 246 g/mol. The molecule has 0 amide bonds. The van der Waals surface area contributed by atoms with Gasteiger partial charge in [-0.15, -0.1) is 0 Å². The second-order valence-corrected chi connectivity index (χ2v) is 3.84. The lowest BCUT2D eigenvalue weighted by Crippen LogP contribution is -2.33. The topological polar surface area (TPSA) is 137 Å². The minimum absolute atomic E-state index is 0.239. The molecule has 18 heavy (non-hydrogen) atoms. The van der Waals surface area contributed by atoms with Crippen molar-refractivity contribution in [1.29, 1.82) is 0 Å². The van der Waals surface area contributed by atoms with Crippen LogP contribution in [0.3, 0.4) is 0 Å². The molecule has 100 valence electrons. The number of aliphatic hydroxyl groups excluding tert-OH is 3. The van der Waals surface area contributed by atoms with Gasteiger partial charge in [-0.05, 0) is 0 Å². The molecule has 0 aliphatic carbocycles. The van der Waals surface area contributed by atoms with Crippen LogP contribution in [0.2, 0.25) is 0 Å². The monoisotopic (exact) mass is 259 g/mol. The molecule has 2 heterocycles. The van der Waals surface area contributed by atoms with Crippen molar-refractivity contribution in [2.24, 2.45) is 0 Å². The molecule has 1 aliphatic rings. The minimum atomic E-state index is -1.32. The van der Waals surface area contributed by atoms with Crippen LogP contribution in [0.25, 0.3) is 0 Å². The van der Waals surface area contributed by atoms with Crippen LogP contribution in [0.15, 0.2) is 17.1 Å². The van der Waals surface area contributed by atoms with Crippen molar-refractivity contribution in [3.63, 3.8) is 0 Å². The summed E-state index contributed by atoms with van der Waals surface area (Å²) in [5.41, 5.74) is 1.11. The van der Waals surface area contributed by atoms with E-state index in [4.69, 9.17) is 15.1 Å². The third-order valence-electron chi connectivity index (χ3n) is 2.73. The van der Waals surface area contributed by atoms with Crippen molar-refractivity contribution in [1.82, 2.24) is 9.55 Å². The first-order chi connectivity index (χ1) is 8.58. The fourth-order valence-electron chi connectivity index (χ4n) is 1.81. The summed E-state index contributed by atoms with van der Waals surface area (Å²) in [5.74, 6) is -0.239. The molecule has 5 N–H and O–H groups in total. The van der Waals surface area contributed by atoms with Gasteiger partial charge in [0, 0.05) is 12.3 Å². The summed E-state index contributed by atoms with van der Waals surface area (Å²) in [6.07, 6.45) is -3.37. The molecule has 1 aromatic heterocycles. The third-order valence-corrected chi connectivity index (χ3v) is 2.73. The van der Waals surface area contributed by atoms with Crippen LogP contribution < -0.4 is 11.0 Å².